The molecule has 2 aromatic rings. The average molecular weight is 287 g/mol. The number of rotatable bonds is 5. The minimum Gasteiger partial charge on any atom is -0.481 e. The molecule has 0 atom stereocenters. The molecule has 0 radical (unpaired) electrons. The van der Waals surface area contributed by atoms with Crippen LogP contribution in [0.2, 0.25) is 0 Å². The number of nitrogens with one attached hydrogen (secondary N) is 1. The van der Waals surface area contributed by atoms with Crippen LogP contribution in [-0.2, 0) is 6.54 Å². The zero-order chi connectivity index (χ0) is 15.2. The van der Waals surface area contributed by atoms with Crippen molar-refractivity contribution in [3.05, 3.63) is 63.8 Å². The van der Waals surface area contributed by atoms with Gasteiger partial charge in [0.2, 0.25) is 5.88 Å². The summed E-state index contributed by atoms with van der Waals surface area (Å²) in [5.74, 6) is 0.110. The van der Waals surface area contributed by atoms with Crippen molar-refractivity contribution < 1.29 is 14.5 Å². The predicted molar refractivity (Wildman–Crippen MR) is 75.1 cm³/mol. The zero-order valence-electron chi connectivity index (χ0n) is 11.3. The molecule has 0 bridgehead atoms. The van der Waals surface area contributed by atoms with E-state index in [1.807, 2.05) is 0 Å². The van der Waals surface area contributed by atoms with Crippen molar-refractivity contribution >= 4 is 11.6 Å². The Morgan fingerprint density at radius 2 is 2.19 bits per heavy atom. The minimum atomic E-state index is -0.538. The van der Waals surface area contributed by atoms with E-state index in [-0.39, 0.29) is 23.7 Å². The van der Waals surface area contributed by atoms with Gasteiger partial charge < -0.3 is 10.1 Å². The summed E-state index contributed by atoms with van der Waals surface area (Å²) in [6, 6.07) is 9.04. The standard InChI is InChI=1S/C14H13N3O4/c1-21-13-6-5-10(8-15-13)9-16-14(18)11-3-2-4-12(7-11)17(19)20/h2-8H,9H2,1H3,(H,16,18). The molecular weight excluding hydrogens is 274 g/mol. The number of pyridine rings is 1. The van der Waals surface area contributed by atoms with Crippen LogP contribution in [0.3, 0.4) is 0 Å². The van der Waals surface area contributed by atoms with E-state index < -0.39 is 4.92 Å². The molecule has 1 N–H and O–H groups in total. The molecule has 0 fully saturated rings. The molecule has 0 spiro atoms. The van der Waals surface area contributed by atoms with E-state index in [1.54, 1.807) is 18.3 Å². The van der Waals surface area contributed by atoms with E-state index in [0.717, 1.165) is 5.56 Å². The van der Waals surface area contributed by atoms with Crippen LogP contribution in [0.4, 0.5) is 5.69 Å². The van der Waals surface area contributed by atoms with E-state index in [4.69, 9.17) is 4.74 Å². The molecule has 0 unspecified atom stereocenters. The molecule has 1 aromatic heterocycles. The van der Waals surface area contributed by atoms with Gasteiger partial charge in [0.1, 0.15) is 0 Å². The first-order valence-corrected chi connectivity index (χ1v) is 6.11. The van der Waals surface area contributed by atoms with Crippen molar-refractivity contribution in [2.24, 2.45) is 0 Å². The Morgan fingerprint density at radius 1 is 1.38 bits per heavy atom. The van der Waals surface area contributed by atoms with E-state index in [9.17, 15) is 14.9 Å². The van der Waals surface area contributed by atoms with Gasteiger partial charge in [0, 0.05) is 36.5 Å². The van der Waals surface area contributed by atoms with Crippen LogP contribution in [0.5, 0.6) is 5.88 Å². The van der Waals surface area contributed by atoms with E-state index in [2.05, 4.69) is 10.3 Å². The van der Waals surface area contributed by atoms with Crippen LogP contribution >= 0.6 is 0 Å². The number of carbonyl (C=O) groups excluding carboxylic acids is 1. The van der Waals surface area contributed by atoms with Crippen molar-refractivity contribution in [3.63, 3.8) is 0 Å². The molecule has 21 heavy (non-hydrogen) atoms. The summed E-state index contributed by atoms with van der Waals surface area (Å²) < 4.78 is 4.94. The lowest BCUT2D eigenvalue weighted by molar-refractivity contribution is -0.384. The molecule has 0 aliphatic rings. The molecular formula is C14H13N3O4. The molecule has 0 saturated heterocycles. The van der Waals surface area contributed by atoms with Crippen LogP contribution in [0.1, 0.15) is 15.9 Å². The molecule has 2 rings (SSSR count). The van der Waals surface area contributed by atoms with Gasteiger partial charge >= 0.3 is 0 Å². The number of nitrogens with zero attached hydrogens (tertiary/aromatic N) is 2. The molecule has 7 heteroatoms. The molecule has 108 valence electrons. The first-order chi connectivity index (χ1) is 10.1. The van der Waals surface area contributed by atoms with Gasteiger partial charge in [-0.05, 0) is 11.6 Å². The van der Waals surface area contributed by atoms with Gasteiger partial charge in [0.25, 0.3) is 11.6 Å². The molecule has 0 saturated carbocycles. The fourth-order valence-electron chi connectivity index (χ4n) is 1.68. The van der Waals surface area contributed by atoms with Crippen molar-refractivity contribution in [2.75, 3.05) is 7.11 Å². The maximum absolute atomic E-state index is 11.9. The maximum Gasteiger partial charge on any atom is 0.270 e. The number of nitro groups is 1. The smallest absolute Gasteiger partial charge is 0.270 e. The predicted octanol–water partition coefficient (Wildman–Crippen LogP) is 1.93. The van der Waals surface area contributed by atoms with Crippen LogP contribution in [0, 0.1) is 10.1 Å². The molecule has 1 amide bonds. The summed E-state index contributed by atoms with van der Waals surface area (Å²) in [5.41, 5.74) is 0.925. The highest BCUT2D eigenvalue weighted by molar-refractivity contribution is 5.94. The lowest BCUT2D eigenvalue weighted by atomic mass is 10.2. The Labute approximate surface area is 120 Å². The summed E-state index contributed by atoms with van der Waals surface area (Å²) >= 11 is 0. The summed E-state index contributed by atoms with van der Waals surface area (Å²) in [7, 11) is 1.52. The number of amides is 1. The first-order valence-electron chi connectivity index (χ1n) is 6.11. The second-order valence-corrected chi connectivity index (χ2v) is 4.20. The van der Waals surface area contributed by atoms with Gasteiger partial charge in [-0.25, -0.2) is 4.98 Å². The number of methoxy groups -OCH3 is 1. The van der Waals surface area contributed by atoms with Gasteiger partial charge in [0.15, 0.2) is 0 Å². The monoisotopic (exact) mass is 287 g/mol. The minimum absolute atomic E-state index is 0.117. The van der Waals surface area contributed by atoms with Crippen LogP contribution in [-0.4, -0.2) is 22.9 Å². The Hall–Kier alpha value is -2.96. The maximum atomic E-state index is 11.9. The Balaban J connectivity index is 2.00. The van der Waals surface area contributed by atoms with Gasteiger partial charge in [-0.2, -0.15) is 0 Å². The van der Waals surface area contributed by atoms with Crippen LogP contribution < -0.4 is 10.1 Å². The fourth-order valence-corrected chi connectivity index (χ4v) is 1.68. The lowest BCUT2D eigenvalue weighted by Crippen LogP contribution is -2.22. The molecule has 0 aliphatic carbocycles. The van der Waals surface area contributed by atoms with Crippen molar-refractivity contribution in [1.82, 2.24) is 10.3 Å². The van der Waals surface area contributed by atoms with Gasteiger partial charge in [-0.3, -0.25) is 14.9 Å². The highest BCUT2D eigenvalue weighted by atomic mass is 16.6. The van der Waals surface area contributed by atoms with Crippen LogP contribution in [0.15, 0.2) is 42.6 Å². The normalized spacial score (nSPS) is 9.95. The summed E-state index contributed by atoms with van der Waals surface area (Å²) in [5, 5.41) is 13.3. The Morgan fingerprint density at radius 3 is 2.81 bits per heavy atom. The van der Waals surface area contributed by atoms with E-state index in [0.29, 0.717) is 5.88 Å². The van der Waals surface area contributed by atoms with Crippen molar-refractivity contribution in [1.29, 1.82) is 0 Å². The fraction of sp³-hybridized carbons (Fsp3) is 0.143. The number of ether oxygens (including phenoxy) is 1. The number of benzene rings is 1. The average Bonchev–Trinajstić information content (AvgIpc) is 2.53. The number of non-ortho nitro benzene ring substituents is 1. The highest BCUT2D eigenvalue weighted by Crippen LogP contribution is 2.13. The molecule has 0 aliphatic heterocycles. The largest absolute Gasteiger partial charge is 0.481 e. The molecule has 1 aromatic carbocycles. The number of hydrogen-bond donors (Lipinski definition) is 1. The quantitative estimate of drug-likeness (QED) is 0.669. The number of hydrogen-bond acceptors (Lipinski definition) is 5. The van der Waals surface area contributed by atoms with E-state index in [1.165, 1.54) is 31.4 Å². The second-order valence-electron chi connectivity index (χ2n) is 4.20. The van der Waals surface area contributed by atoms with Gasteiger partial charge in [-0.1, -0.05) is 12.1 Å². The molecule has 1 heterocycles. The number of nitro benzene ring substituents is 1. The number of aromatic nitrogens is 1. The summed E-state index contributed by atoms with van der Waals surface area (Å²) in [6.07, 6.45) is 1.59. The van der Waals surface area contributed by atoms with Crippen molar-refractivity contribution in [3.8, 4) is 5.88 Å². The molecule has 7 nitrogen and oxygen atoms in total. The zero-order valence-corrected chi connectivity index (χ0v) is 11.3. The summed E-state index contributed by atoms with van der Waals surface area (Å²) in [6.45, 7) is 0.276. The van der Waals surface area contributed by atoms with Crippen molar-refractivity contribution in [2.45, 2.75) is 6.54 Å². The third-order valence-electron chi connectivity index (χ3n) is 2.78. The number of carbonyl (C=O) groups is 1. The Bertz CT molecular complexity index is 656. The highest BCUT2D eigenvalue weighted by Gasteiger charge is 2.11. The SMILES string of the molecule is COc1ccc(CNC(=O)c2cccc([N+](=O)[O-])c2)cn1. The Kier molecular flexibility index (Phi) is 4.45. The lowest BCUT2D eigenvalue weighted by Gasteiger charge is -2.06. The first kappa shape index (κ1) is 14.4. The second kappa shape index (κ2) is 6.47. The van der Waals surface area contributed by atoms with Gasteiger partial charge in [0.05, 0.1) is 12.0 Å². The topological polar surface area (TPSA) is 94.4 Å². The van der Waals surface area contributed by atoms with Gasteiger partial charge in [-0.15, -0.1) is 0 Å². The summed E-state index contributed by atoms with van der Waals surface area (Å²) in [4.78, 5) is 26.1. The third-order valence-corrected chi connectivity index (χ3v) is 2.78. The van der Waals surface area contributed by atoms with E-state index >= 15 is 0 Å². The van der Waals surface area contributed by atoms with Crippen LogP contribution in [0.25, 0.3) is 0 Å². The third kappa shape index (κ3) is 3.75.